The van der Waals surface area contributed by atoms with Crippen LogP contribution in [0.4, 0.5) is 17.1 Å². The molecule has 0 amide bonds. The number of carboxylic acid groups (broad SMARTS) is 1. The summed E-state index contributed by atoms with van der Waals surface area (Å²) >= 11 is 0. The topological polar surface area (TPSA) is 65.5 Å². The van der Waals surface area contributed by atoms with Gasteiger partial charge in [-0.2, -0.15) is 0 Å². The molecule has 1 unspecified atom stereocenters. The van der Waals surface area contributed by atoms with Gasteiger partial charge in [-0.1, -0.05) is 40.7 Å². The first-order valence-electron chi connectivity index (χ1n) is 10.0. The van der Waals surface area contributed by atoms with E-state index in [1.807, 2.05) is 19.1 Å². The summed E-state index contributed by atoms with van der Waals surface area (Å²) in [5.74, 6) is 0.255. The van der Waals surface area contributed by atoms with E-state index < -0.39 is 5.97 Å². The highest BCUT2D eigenvalue weighted by atomic mass is 16.4. The molecule has 2 rings (SSSR count). The van der Waals surface area contributed by atoms with Gasteiger partial charge in [-0.25, -0.2) is 0 Å². The molecule has 1 aromatic carbocycles. The Balaban J connectivity index is 2.44. The molecule has 0 aliphatic rings. The van der Waals surface area contributed by atoms with Gasteiger partial charge < -0.3 is 15.3 Å². The molecule has 0 aliphatic heterocycles. The zero-order chi connectivity index (χ0) is 20.7. The van der Waals surface area contributed by atoms with E-state index in [9.17, 15) is 4.79 Å². The predicted octanol–water partition coefficient (Wildman–Crippen LogP) is 5.52. The van der Waals surface area contributed by atoms with Gasteiger partial charge in [-0.3, -0.25) is 9.78 Å². The summed E-state index contributed by atoms with van der Waals surface area (Å²) in [6.45, 7) is 12.8. The van der Waals surface area contributed by atoms with Gasteiger partial charge in [0.15, 0.2) is 0 Å². The zero-order valence-corrected chi connectivity index (χ0v) is 17.6. The van der Waals surface area contributed by atoms with Crippen molar-refractivity contribution >= 4 is 23.0 Å². The first-order valence-corrected chi connectivity index (χ1v) is 10.0. The van der Waals surface area contributed by atoms with Gasteiger partial charge in [-0.05, 0) is 47.6 Å². The Morgan fingerprint density at radius 3 is 2.18 bits per heavy atom. The predicted molar refractivity (Wildman–Crippen MR) is 117 cm³/mol. The average Bonchev–Trinajstić information content (AvgIpc) is 2.60. The number of rotatable bonds is 10. The summed E-state index contributed by atoms with van der Waals surface area (Å²) in [7, 11) is 0. The van der Waals surface area contributed by atoms with Crippen LogP contribution in [0.1, 0.15) is 52.5 Å². The smallest absolute Gasteiger partial charge is 0.303 e. The molecule has 0 radical (unpaired) electrons. The second-order valence-electron chi connectivity index (χ2n) is 8.33. The van der Waals surface area contributed by atoms with E-state index in [0.717, 1.165) is 35.7 Å². The third-order valence-corrected chi connectivity index (χ3v) is 4.54. The van der Waals surface area contributed by atoms with Crippen molar-refractivity contribution in [3.63, 3.8) is 0 Å². The lowest BCUT2D eigenvalue weighted by atomic mass is 9.96. The van der Waals surface area contributed by atoms with Crippen LogP contribution in [0, 0.1) is 11.8 Å². The summed E-state index contributed by atoms with van der Waals surface area (Å²) in [6.07, 6.45) is 3.65. The van der Waals surface area contributed by atoms with Gasteiger partial charge in [0, 0.05) is 31.2 Å². The first kappa shape index (κ1) is 21.7. The van der Waals surface area contributed by atoms with Crippen LogP contribution < -0.4 is 10.2 Å². The number of aliphatic carboxylic acids is 1. The van der Waals surface area contributed by atoms with Crippen LogP contribution in [0.5, 0.6) is 0 Å². The number of nitrogens with one attached hydrogen (secondary N) is 1. The van der Waals surface area contributed by atoms with Gasteiger partial charge in [0.2, 0.25) is 0 Å². The molecule has 152 valence electrons. The highest BCUT2D eigenvalue weighted by molar-refractivity contribution is 5.76. The highest BCUT2D eigenvalue weighted by Gasteiger charge is 2.18. The number of benzene rings is 1. The Kier molecular flexibility index (Phi) is 7.85. The molecule has 28 heavy (non-hydrogen) atoms. The molecule has 0 spiro atoms. The van der Waals surface area contributed by atoms with E-state index in [1.54, 1.807) is 12.4 Å². The van der Waals surface area contributed by atoms with E-state index in [0.29, 0.717) is 11.8 Å². The van der Waals surface area contributed by atoms with E-state index in [-0.39, 0.29) is 12.3 Å². The Bertz CT molecular complexity index is 750. The van der Waals surface area contributed by atoms with Crippen LogP contribution >= 0.6 is 0 Å². The van der Waals surface area contributed by atoms with Crippen LogP contribution in [0.3, 0.4) is 0 Å². The fourth-order valence-corrected chi connectivity index (χ4v) is 3.36. The number of carbonyl (C=O) groups is 1. The molecule has 0 fully saturated rings. The van der Waals surface area contributed by atoms with Crippen molar-refractivity contribution < 1.29 is 9.90 Å². The molecule has 0 bridgehead atoms. The van der Waals surface area contributed by atoms with Crippen molar-refractivity contribution in [1.82, 2.24) is 4.98 Å². The molecule has 5 heteroatoms. The largest absolute Gasteiger partial charge is 0.481 e. The van der Waals surface area contributed by atoms with Crippen LogP contribution in [0.25, 0.3) is 0 Å². The van der Waals surface area contributed by atoms with Crippen molar-refractivity contribution in [3.8, 4) is 0 Å². The lowest BCUT2D eigenvalue weighted by Crippen LogP contribution is -2.31. The standard InChI is InChI=1S/C23H33N3O2/c1-16(2)14-26(15-17(3)4)22-7-6-19(18(5)12-23(27)28)13-21(22)25-20-8-10-24-11-9-20/h6-11,13,16-18H,12,14-15H2,1-5H3,(H,24,25)(H,27,28). The fourth-order valence-electron chi connectivity index (χ4n) is 3.36. The molecule has 0 saturated carbocycles. The van der Waals surface area contributed by atoms with Crippen molar-refractivity contribution in [1.29, 1.82) is 0 Å². The molecule has 2 aromatic rings. The Morgan fingerprint density at radius 1 is 1.04 bits per heavy atom. The molecule has 1 atom stereocenters. The quantitative estimate of drug-likeness (QED) is 0.565. The van der Waals surface area contributed by atoms with Crippen LogP contribution in [0.2, 0.25) is 0 Å². The molecule has 2 N–H and O–H groups in total. The molecule has 1 aromatic heterocycles. The van der Waals surface area contributed by atoms with Gasteiger partial charge in [0.1, 0.15) is 0 Å². The molecule has 1 heterocycles. The van der Waals surface area contributed by atoms with Crippen molar-refractivity contribution in [2.45, 2.75) is 47.0 Å². The summed E-state index contributed by atoms with van der Waals surface area (Å²) in [6, 6.07) is 10.2. The lowest BCUT2D eigenvalue weighted by molar-refractivity contribution is -0.137. The zero-order valence-electron chi connectivity index (χ0n) is 17.6. The maximum Gasteiger partial charge on any atom is 0.303 e. The molecule has 0 saturated heterocycles. The number of anilines is 3. The summed E-state index contributed by atoms with van der Waals surface area (Å²) in [4.78, 5) is 17.7. The van der Waals surface area contributed by atoms with Crippen molar-refractivity contribution in [2.75, 3.05) is 23.3 Å². The minimum Gasteiger partial charge on any atom is -0.481 e. The highest BCUT2D eigenvalue weighted by Crippen LogP contribution is 2.34. The van der Waals surface area contributed by atoms with E-state index in [4.69, 9.17) is 5.11 Å². The van der Waals surface area contributed by atoms with Gasteiger partial charge in [-0.15, -0.1) is 0 Å². The lowest BCUT2D eigenvalue weighted by Gasteiger charge is -2.31. The summed E-state index contributed by atoms with van der Waals surface area (Å²) in [5, 5.41) is 12.7. The minimum atomic E-state index is -0.776. The number of aromatic nitrogens is 1. The first-order chi connectivity index (χ1) is 13.3. The molecular weight excluding hydrogens is 350 g/mol. The Morgan fingerprint density at radius 2 is 1.64 bits per heavy atom. The molecule has 5 nitrogen and oxygen atoms in total. The number of carboxylic acids is 1. The van der Waals surface area contributed by atoms with E-state index in [2.05, 4.69) is 61.1 Å². The number of hydrogen-bond donors (Lipinski definition) is 2. The molecule has 0 aliphatic carbocycles. The monoisotopic (exact) mass is 383 g/mol. The third-order valence-electron chi connectivity index (χ3n) is 4.54. The summed E-state index contributed by atoms with van der Waals surface area (Å²) < 4.78 is 0. The minimum absolute atomic E-state index is 0.0480. The molecular formula is C23H33N3O2. The Labute approximate surface area is 168 Å². The van der Waals surface area contributed by atoms with Crippen molar-refractivity contribution in [2.24, 2.45) is 11.8 Å². The van der Waals surface area contributed by atoms with E-state index in [1.165, 1.54) is 0 Å². The van der Waals surface area contributed by atoms with Crippen LogP contribution in [-0.2, 0) is 4.79 Å². The SMILES string of the molecule is CC(C)CN(CC(C)C)c1ccc(C(C)CC(=O)O)cc1Nc1ccncc1. The maximum absolute atomic E-state index is 11.1. The average molecular weight is 384 g/mol. The van der Waals surface area contributed by atoms with Gasteiger partial charge >= 0.3 is 5.97 Å². The number of nitrogens with zero attached hydrogens (tertiary/aromatic N) is 2. The van der Waals surface area contributed by atoms with Gasteiger partial charge in [0.25, 0.3) is 0 Å². The number of pyridine rings is 1. The normalized spacial score (nSPS) is 12.2. The van der Waals surface area contributed by atoms with Gasteiger partial charge in [0.05, 0.1) is 17.8 Å². The van der Waals surface area contributed by atoms with Crippen LogP contribution in [0.15, 0.2) is 42.7 Å². The fraction of sp³-hybridized carbons (Fsp3) is 0.478. The Hall–Kier alpha value is -2.56. The second-order valence-corrected chi connectivity index (χ2v) is 8.33. The summed E-state index contributed by atoms with van der Waals surface area (Å²) in [5.41, 5.74) is 4.14. The van der Waals surface area contributed by atoms with E-state index >= 15 is 0 Å². The number of hydrogen-bond acceptors (Lipinski definition) is 4. The van der Waals surface area contributed by atoms with Crippen LogP contribution in [-0.4, -0.2) is 29.1 Å². The second kappa shape index (κ2) is 10.1. The maximum atomic E-state index is 11.1. The van der Waals surface area contributed by atoms with Crippen molar-refractivity contribution in [3.05, 3.63) is 48.3 Å². The third kappa shape index (κ3) is 6.55.